The van der Waals surface area contributed by atoms with Crippen LogP contribution in [0, 0.1) is 0 Å². The highest BCUT2D eigenvalue weighted by Gasteiger charge is 2.07. The molecule has 0 heterocycles. The second-order valence-corrected chi connectivity index (χ2v) is 4.79. The van der Waals surface area contributed by atoms with Crippen LogP contribution in [0.25, 0.3) is 0 Å². The summed E-state index contributed by atoms with van der Waals surface area (Å²) in [7, 11) is 1.65. The minimum absolute atomic E-state index is 0.00928. The van der Waals surface area contributed by atoms with E-state index in [4.69, 9.17) is 16.3 Å². The second kappa shape index (κ2) is 8.91. The van der Waals surface area contributed by atoms with Crippen molar-refractivity contribution in [1.29, 1.82) is 0 Å². The zero-order chi connectivity index (χ0) is 14.1. The molecule has 1 atom stereocenters. The fourth-order valence-corrected chi connectivity index (χ4v) is 1.85. The first kappa shape index (κ1) is 16.0. The quantitative estimate of drug-likeness (QED) is 0.719. The van der Waals surface area contributed by atoms with Gasteiger partial charge in [0.15, 0.2) is 0 Å². The van der Waals surface area contributed by atoms with Crippen molar-refractivity contribution in [2.24, 2.45) is 0 Å². The average molecular weight is 285 g/mol. The average Bonchev–Trinajstić information content (AvgIpc) is 2.41. The molecule has 1 aromatic carbocycles. The van der Waals surface area contributed by atoms with Gasteiger partial charge in [-0.3, -0.25) is 4.79 Å². The number of carbonyl (C=O) groups excluding carboxylic acids is 1. The highest BCUT2D eigenvalue weighted by atomic mass is 35.5. The fourth-order valence-electron chi connectivity index (χ4n) is 1.65. The Morgan fingerprint density at radius 3 is 2.95 bits per heavy atom. The van der Waals surface area contributed by atoms with Gasteiger partial charge in [-0.25, -0.2) is 0 Å². The van der Waals surface area contributed by atoms with E-state index in [1.807, 2.05) is 31.2 Å². The van der Waals surface area contributed by atoms with E-state index in [1.54, 1.807) is 7.11 Å². The Morgan fingerprint density at radius 1 is 1.47 bits per heavy atom. The van der Waals surface area contributed by atoms with Crippen molar-refractivity contribution < 1.29 is 9.53 Å². The summed E-state index contributed by atoms with van der Waals surface area (Å²) in [5.74, 6) is -0.00928. The fraction of sp³-hybridized carbons (Fsp3) is 0.500. The minimum atomic E-state index is -0.00928. The van der Waals surface area contributed by atoms with E-state index in [1.165, 1.54) is 0 Å². The van der Waals surface area contributed by atoms with Crippen molar-refractivity contribution in [2.75, 3.05) is 26.8 Å². The summed E-state index contributed by atoms with van der Waals surface area (Å²) in [6.07, 6.45) is 0.825. The van der Waals surface area contributed by atoms with Crippen LogP contribution in [0.15, 0.2) is 24.3 Å². The van der Waals surface area contributed by atoms with Crippen molar-refractivity contribution in [3.63, 3.8) is 0 Å². The lowest BCUT2D eigenvalue weighted by atomic mass is 10.1. The molecule has 0 aliphatic rings. The molecular weight excluding hydrogens is 264 g/mol. The predicted octanol–water partition coefficient (Wildman–Crippen LogP) is 2.14. The summed E-state index contributed by atoms with van der Waals surface area (Å²) < 4.78 is 4.91. The smallest absolute Gasteiger partial charge is 0.233 e. The summed E-state index contributed by atoms with van der Waals surface area (Å²) in [5, 5.41) is 6.70. The number of rotatable bonds is 8. The zero-order valence-corrected chi connectivity index (χ0v) is 12.2. The predicted molar refractivity (Wildman–Crippen MR) is 77.4 cm³/mol. The molecule has 0 aliphatic carbocycles. The molecule has 0 bridgehead atoms. The first-order chi connectivity index (χ1) is 9.13. The standard InChI is InChI=1S/C14H21ClN2O2/c1-11(12-5-3-6-13(15)9-12)17-10-14(18)16-7-4-8-19-2/h3,5-6,9,11,17H,4,7-8,10H2,1-2H3,(H,16,18)/t11-/m0/s1. The van der Waals surface area contributed by atoms with Gasteiger partial charge in [0.1, 0.15) is 0 Å². The Labute approximate surface area is 119 Å². The number of benzene rings is 1. The zero-order valence-electron chi connectivity index (χ0n) is 11.4. The normalized spacial score (nSPS) is 12.2. The van der Waals surface area contributed by atoms with Gasteiger partial charge in [0, 0.05) is 31.3 Å². The van der Waals surface area contributed by atoms with Crippen molar-refractivity contribution in [1.82, 2.24) is 10.6 Å². The van der Waals surface area contributed by atoms with Gasteiger partial charge in [-0.05, 0) is 31.0 Å². The van der Waals surface area contributed by atoms with E-state index < -0.39 is 0 Å². The second-order valence-electron chi connectivity index (χ2n) is 4.35. The van der Waals surface area contributed by atoms with Crippen LogP contribution in [0.3, 0.4) is 0 Å². The maximum atomic E-state index is 11.6. The van der Waals surface area contributed by atoms with Gasteiger partial charge in [0.05, 0.1) is 6.54 Å². The van der Waals surface area contributed by atoms with E-state index in [9.17, 15) is 4.79 Å². The Hall–Kier alpha value is -1.10. The molecule has 4 nitrogen and oxygen atoms in total. The van der Waals surface area contributed by atoms with Crippen LogP contribution in [0.2, 0.25) is 5.02 Å². The highest BCUT2D eigenvalue weighted by molar-refractivity contribution is 6.30. The van der Waals surface area contributed by atoms with Crippen molar-refractivity contribution >= 4 is 17.5 Å². The van der Waals surface area contributed by atoms with Crippen molar-refractivity contribution in [3.05, 3.63) is 34.9 Å². The molecule has 0 spiro atoms. The molecule has 0 unspecified atom stereocenters. The summed E-state index contributed by atoms with van der Waals surface area (Å²) >= 11 is 5.93. The van der Waals surface area contributed by atoms with Gasteiger partial charge >= 0.3 is 0 Å². The minimum Gasteiger partial charge on any atom is -0.385 e. The topological polar surface area (TPSA) is 50.4 Å². The Bertz CT molecular complexity index is 399. The van der Waals surface area contributed by atoms with Gasteiger partial charge in [-0.2, -0.15) is 0 Å². The van der Waals surface area contributed by atoms with Crippen LogP contribution in [0.5, 0.6) is 0 Å². The Kier molecular flexibility index (Phi) is 7.48. The van der Waals surface area contributed by atoms with E-state index >= 15 is 0 Å². The number of methoxy groups -OCH3 is 1. The van der Waals surface area contributed by atoms with E-state index in [0.717, 1.165) is 12.0 Å². The molecular formula is C14H21ClN2O2. The number of nitrogens with one attached hydrogen (secondary N) is 2. The van der Waals surface area contributed by atoms with E-state index in [2.05, 4.69) is 10.6 Å². The lowest BCUT2D eigenvalue weighted by Gasteiger charge is -2.14. The van der Waals surface area contributed by atoms with Crippen molar-refractivity contribution in [2.45, 2.75) is 19.4 Å². The lowest BCUT2D eigenvalue weighted by Crippen LogP contribution is -2.35. The maximum Gasteiger partial charge on any atom is 0.233 e. The van der Waals surface area contributed by atoms with Gasteiger partial charge in [-0.1, -0.05) is 23.7 Å². The summed E-state index contributed by atoms with van der Waals surface area (Å²) in [6.45, 7) is 3.59. The molecule has 0 saturated carbocycles. The first-order valence-electron chi connectivity index (χ1n) is 6.38. The molecule has 0 aliphatic heterocycles. The molecule has 5 heteroatoms. The van der Waals surface area contributed by atoms with Crippen LogP contribution in [-0.4, -0.2) is 32.7 Å². The van der Waals surface area contributed by atoms with Crippen LogP contribution < -0.4 is 10.6 Å². The van der Waals surface area contributed by atoms with Crippen LogP contribution >= 0.6 is 11.6 Å². The summed E-state index contributed by atoms with van der Waals surface area (Å²) in [6, 6.07) is 7.71. The number of carbonyl (C=O) groups is 1. The van der Waals surface area contributed by atoms with Gasteiger partial charge in [-0.15, -0.1) is 0 Å². The molecule has 1 aromatic rings. The number of halogens is 1. The van der Waals surface area contributed by atoms with E-state index in [0.29, 0.717) is 24.7 Å². The summed E-state index contributed by atoms with van der Waals surface area (Å²) in [5.41, 5.74) is 1.07. The molecule has 106 valence electrons. The SMILES string of the molecule is COCCCNC(=O)CN[C@@H](C)c1cccc(Cl)c1. The van der Waals surface area contributed by atoms with Gasteiger partial charge in [0.2, 0.25) is 5.91 Å². The number of amides is 1. The first-order valence-corrected chi connectivity index (χ1v) is 6.75. The molecule has 19 heavy (non-hydrogen) atoms. The Balaban J connectivity index is 2.26. The third-order valence-corrected chi connectivity index (χ3v) is 3.00. The highest BCUT2D eigenvalue weighted by Crippen LogP contribution is 2.16. The molecule has 0 saturated heterocycles. The largest absolute Gasteiger partial charge is 0.385 e. The summed E-state index contributed by atoms with van der Waals surface area (Å²) in [4.78, 5) is 11.6. The van der Waals surface area contributed by atoms with Crippen LogP contribution in [0.4, 0.5) is 0 Å². The lowest BCUT2D eigenvalue weighted by molar-refractivity contribution is -0.120. The molecule has 0 radical (unpaired) electrons. The molecule has 1 rings (SSSR count). The monoisotopic (exact) mass is 284 g/mol. The van der Waals surface area contributed by atoms with Crippen LogP contribution in [-0.2, 0) is 9.53 Å². The molecule has 0 aromatic heterocycles. The third kappa shape index (κ3) is 6.57. The number of hydrogen-bond donors (Lipinski definition) is 2. The molecule has 1 amide bonds. The molecule has 0 fully saturated rings. The van der Waals surface area contributed by atoms with E-state index in [-0.39, 0.29) is 11.9 Å². The Morgan fingerprint density at radius 2 is 2.26 bits per heavy atom. The number of ether oxygens (including phenoxy) is 1. The number of hydrogen-bond acceptors (Lipinski definition) is 3. The van der Waals surface area contributed by atoms with Gasteiger partial charge < -0.3 is 15.4 Å². The van der Waals surface area contributed by atoms with Crippen molar-refractivity contribution in [3.8, 4) is 0 Å². The maximum absolute atomic E-state index is 11.6. The molecule has 2 N–H and O–H groups in total. The third-order valence-electron chi connectivity index (χ3n) is 2.76. The van der Waals surface area contributed by atoms with Crippen LogP contribution in [0.1, 0.15) is 24.9 Å². The van der Waals surface area contributed by atoms with Gasteiger partial charge in [0.25, 0.3) is 0 Å².